The first kappa shape index (κ1) is 16.1. The minimum atomic E-state index is -0.280. The quantitative estimate of drug-likeness (QED) is 0.728. The van der Waals surface area contributed by atoms with Crippen LogP contribution in [-0.2, 0) is 11.3 Å². The highest BCUT2D eigenvalue weighted by molar-refractivity contribution is 5.89. The minimum absolute atomic E-state index is 0.237. The molecule has 5 nitrogen and oxygen atoms in total. The van der Waals surface area contributed by atoms with Gasteiger partial charge in [0.2, 0.25) is 0 Å². The number of rotatable bonds is 5. The molecule has 2 N–H and O–H groups in total. The lowest BCUT2D eigenvalue weighted by Crippen LogP contribution is -2.30. The Bertz CT molecular complexity index is 808. The molecule has 1 heterocycles. The molecular formula is C19H20N2O3. The summed E-state index contributed by atoms with van der Waals surface area (Å²) in [4.78, 5) is 12.2. The number of furan rings is 1. The number of benzene rings is 2. The van der Waals surface area contributed by atoms with Crippen LogP contribution >= 0.6 is 0 Å². The first-order chi connectivity index (χ1) is 11.7. The average Bonchev–Trinajstić information content (AvgIpc) is 2.99. The number of nitrogens with one attached hydrogen (secondary N) is 2. The van der Waals surface area contributed by atoms with E-state index in [1.807, 2.05) is 61.5 Å². The minimum Gasteiger partial charge on any atom is -0.459 e. The van der Waals surface area contributed by atoms with Crippen molar-refractivity contribution < 1.29 is 13.9 Å². The summed E-state index contributed by atoms with van der Waals surface area (Å²) in [6.07, 6.45) is 0. The van der Waals surface area contributed by atoms with Crippen molar-refractivity contribution in [2.24, 2.45) is 0 Å². The zero-order chi connectivity index (χ0) is 16.9. The summed E-state index contributed by atoms with van der Waals surface area (Å²) in [6.45, 7) is 2.39. The number of carbonyl (C=O) groups is 1. The van der Waals surface area contributed by atoms with Crippen LogP contribution in [-0.4, -0.2) is 13.1 Å². The summed E-state index contributed by atoms with van der Waals surface area (Å²) < 4.78 is 10.9. The smallest absolute Gasteiger partial charge is 0.319 e. The van der Waals surface area contributed by atoms with Gasteiger partial charge in [-0.3, -0.25) is 0 Å². The van der Waals surface area contributed by atoms with Gasteiger partial charge in [0, 0.05) is 18.2 Å². The van der Waals surface area contributed by atoms with Gasteiger partial charge >= 0.3 is 6.03 Å². The number of methoxy groups -OCH3 is 1. The van der Waals surface area contributed by atoms with Crippen LogP contribution < -0.4 is 10.6 Å². The number of hydrogen-bond acceptors (Lipinski definition) is 3. The lowest BCUT2D eigenvalue weighted by Gasteiger charge is -2.13. The third-order valence-corrected chi connectivity index (χ3v) is 3.71. The molecule has 0 fully saturated rings. The molecule has 0 bridgehead atoms. The van der Waals surface area contributed by atoms with Gasteiger partial charge in [0.25, 0.3) is 0 Å². The Labute approximate surface area is 140 Å². The molecule has 0 aliphatic heterocycles. The Hall–Kier alpha value is -2.79. The maximum absolute atomic E-state index is 12.2. The molecule has 0 saturated heterocycles. The summed E-state index contributed by atoms with van der Waals surface area (Å²) in [7, 11) is 1.64. The molecule has 0 aliphatic rings. The molecule has 1 atom stereocenters. The Morgan fingerprint density at radius 2 is 2.00 bits per heavy atom. The lowest BCUT2D eigenvalue weighted by molar-refractivity contribution is 0.185. The Morgan fingerprint density at radius 3 is 2.79 bits per heavy atom. The van der Waals surface area contributed by atoms with Crippen LogP contribution in [0, 0.1) is 0 Å². The number of hydrogen-bond donors (Lipinski definition) is 2. The molecule has 0 radical (unpaired) electrons. The summed E-state index contributed by atoms with van der Waals surface area (Å²) in [6, 6.07) is 16.8. The molecule has 1 aromatic heterocycles. The normalized spacial score (nSPS) is 12.1. The summed E-state index contributed by atoms with van der Waals surface area (Å²) in [5.74, 6) is 0.722. The molecule has 3 aromatic rings. The monoisotopic (exact) mass is 324 g/mol. The molecule has 1 unspecified atom stereocenters. The van der Waals surface area contributed by atoms with Crippen molar-refractivity contribution in [3.8, 4) is 0 Å². The van der Waals surface area contributed by atoms with E-state index in [1.165, 1.54) is 0 Å². The first-order valence-electron chi connectivity index (χ1n) is 7.79. The lowest BCUT2D eigenvalue weighted by atomic mass is 10.2. The van der Waals surface area contributed by atoms with E-state index < -0.39 is 0 Å². The maximum Gasteiger partial charge on any atom is 0.319 e. The van der Waals surface area contributed by atoms with Crippen LogP contribution in [0.15, 0.2) is 59.0 Å². The highest BCUT2D eigenvalue weighted by Gasteiger charge is 2.14. The van der Waals surface area contributed by atoms with Gasteiger partial charge < -0.3 is 19.8 Å². The van der Waals surface area contributed by atoms with Gasteiger partial charge in [-0.25, -0.2) is 4.79 Å². The molecule has 0 saturated carbocycles. The zero-order valence-corrected chi connectivity index (χ0v) is 13.7. The predicted octanol–water partition coefficient (Wildman–Crippen LogP) is 4.46. The van der Waals surface area contributed by atoms with Crippen molar-refractivity contribution in [3.63, 3.8) is 0 Å². The Morgan fingerprint density at radius 1 is 1.17 bits per heavy atom. The largest absolute Gasteiger partial charge is 0.459 e. The number of fused-ring (bicyclic) bond motifs is 1. The standard InChI is InChI=1S/C19H20N2O3/c1-13(18-11-15-7-3-4-9-17(15)24-18)20-19(22)21-16-8-5-6-14(10-16)12-23-2/h3-11,13H,12H2,1-2H3,(H2,20,21,22). The fraction of sp³-hybridized carbons (Fsp3) is 0.211. The van der Waals surface area contributed by atoms with E-state index in [0.717, 1.165) is 28.0 Å². The molecule has 24 heavy (non-hydrogen) atoms. The molecule has 3 rings (SSSR count). The Kier molecular flexibility index (Phi) is 4.82. The molecule has 2 amide bonds. The van der Waals surface area contributed by atoms with E-state index in [9.17, 15) is 4.79 Å². The van der Waals surface area contributed by atoms with Crippen LogP contribution in [0.2, 0.25) is 0 Å². The summed E-state index contributed by atoms with van der Waals surface area (Å²) >= 11 is 0. The van der Waals surface area contributed by atoms with Crippen molar-refractivity contribution in [2.45, 2.75) is 19.6 Å². The molecule has 5 heteroatoms. The van der Waals surface area contributed by atoms with Crippen LogP contribution in [0.5, 0.6) is 0 Å². The van der Waals surface area contributed by atoms with E-state index in [1.54, 1.807) is 7.11 Å². The van der Waals surface area contributed by atoms with E-state index in [0.29, 0.717) is 6.61 Å². The maximum atomic E-state index is 12.2. The average molecular weight is 324 g/mol. The molecule has 2 aromatic carbocycles. The van der Waals surface area contributed by atoms with Gasteiger partial charge in [-0.15, -0.1) is 0 Å². The van der Waals surface area contributed by atoms with Gasteiger partial charge in [-0.05, 0) is 36.8 Å². The number of anilines is 1. The molecule has 0 spiro atoms. The number of ether oxygens (including phenoxy) is 1. The summed E-state index contributed by atoms with van der Waals surface area (Å²) in [5, 5.41) is 6.73. The fourth-order valence-electron chi connectivity index (χ4n) is 2.56. The predicted molar refractivity (Wildman–Crippen MR) is 93.9 cm³/mol. The van der Waals surface area contributed by atoms with Crippen LogP contribution in [0.1, 0.15) is 24.3 Å². The highest BCUT2D eigenvalue weighted by atomic mass is 16.5. The zero-order valence-electron chi connectivity index (χ0n) is 13.7. The van der Waals surface area contributed by atoms with Crippen molar-refractivity contribution in [1.29, 1.82) is 0 Å². The van der Waals surface area contributed by atoms with Gasteiger partial charge in [0.15, 0.2) is 0 Å². The van der Waals surface area contributed by atoms with Crippen molar-refractivity contribution in [2.75, 3.05) is 12.4 Å². The first-order valence-corrected chi connectivity index (χ1v) is 7.79. The second-order valence-electron chi connectivity index (χ2n) is 5.64. The van der Waals surface area contributed by atoms with E-state index in [4.69, 9.17) is 9.15 Å². The number of para-hydroxylation sites is 1. The SMILES string of the molecule is COCc1cccc(NC(=O)NC(C)c2cc3ccccc3o2)c1. The van der Waals surface area contributed by atoms with Crippen LogP contribution in [0.4, 0.5) is 10.5 Å². The van der Waals surface area contributed by atoms with Gasteiger partial charge in [-0.2, -0.15) is 0 Å². The third kappa shape index (κ3) is 3.75. The highest BCUT2D eigenvalue weighted by Crippen LogP contribution is 2.23. The molecule has 124 valence electrons. The van der Waals surface area contributed by atoms with Gasteiger partial charge in [0.05, 0.1) is 12.6 Å². The fourth-order valence-corrected chi connectivity index (χ4v) is 2.56. The van der Waals surface area contributed by atoms with Gasteiger partial charge in [-0.1, -0.05) is 30.3 Å². The van der Waals surface area contributed by atoms with E-state index >= 15 is 0 Å². The second kappa shape index (κ2) is 7.19. The second-order valence-corrected chi connectivity index (χ2v) is 5.64. The van der Waals surface area contributed by atoms with E-state index in [-0.39, 0.29) is 12.1 Å². The number of amides is 2. The molecule has 0 aliphatic carbocycles. The number of carbonyl (C=O) groups excluding carboxylic acids is 1. The van der Waals surface area contributed by atoms with E-state index in [2.05, 4.69) is 10.6 Å². The van der Waals surface area contributed by atoms with Crippen molar-refractivity contribution in [3.05, 3.63) is 65.9 Å². The Balaban J connectivity index is 1.64. The summed E-state index contributed by atoms with van der Waals surface area (Å²) in [5.41, 5.74) is 2.54. The number of urea groups is 1. The molecular weight excluding hydrogens is 304 g/mol. The van der Waals surface area contributed by atoms with Gasteiger partial charge in [0.1, 0.15) is 11.3 Å². The van der Waals surface area contributed by atoms with Crippen LogP contribution in [0.25, 0.3) is 11.0 Å². The van der Waals surface area contributed by atoms with Crippen LogP contribution in [0.3, 0.4) is 0 Å². The topological polar surface area (TPSA) is 63.5 Å². The third-order valence-electron chi connectivity index (χ3n) is 3.71. The van der Waals surface area contributed by atoms with Crippen molar-refractivity contribution in [1.82, 2.24) is 5.32 Å². The van der Waals surface area contributed by atoms with Crippen molar-refractivity contribution >= 4 is 22.7 Å².